The average Bonchev–Trinajstić information content (AvgIpc) is 4.00. The maximum Gasteiger partial charge on any atom is 0.0862 e. The number of ether oxygens (including phenoxy) is 2. The van der Waals surface area contributed by atoms with Crippen LogP contribution >= 0.6 is 0 Å². The molecule has 0 spiro atoms. The number of aryl methyl sites for hydroxylation is 1. The van der Waals surface area contributed by atoms with Crippen LogP contribution in [0.3, 0.4) is 0 Å². The predicted molar refractivity (Wildman–Crippen MR) is 222 cm³/mol. The number of methoxy groups -OCH3 is 2. The number of fused-ring (bicyclic) bond motifs is 8. The molecule has 0 saturated heterocycles. The van der Waals surface area contributed by atoms with Gasteiger partial charge in [0, 0.05) is 58.5 Å². The minimum absolute atomic E-state index is 0.0557. The van der Waals surface area contributed by atoms with Crippen LogP contribution in [0.4, 0.5) is 0 Å². The Kier molecular flexibility index (Phi) is 15.8. The van der Waals surface area contributed by atoms with Crippen molar-refractivity contribution >= 4 is 46.4 Å². The Hall–Kier alpha value is -3.48. The Bertz CT molecular complexity index is 1800. The number of unbranched alkanes of at least 4 members (excludes halogenated alkanes) is 10. The van der Waals surface area contributed by atoms with E-state index in [1.807, 2.05) is 14.2 Å². The highest BCUT2D eigenvalue weighted by molar-refractivity contribution is 5.83. The van der Waals surface area contributed by atoms with Crippen molar-refractivity contribution in [3.8, 4) is 0 Å². The van der Waals surface area contributed by atoms with Gasteiger partial charge in [-0.1, -0.05) is 105 Å². The van der Waals surface area contributed by atoms with Gasteiger partial charge in [0.25, 0.3) is 0 Å². The third-order valence-corrected chi connectivity index (χ3v) is 11.0. The van der Waals surface area contributed by atoms with Crippen molar-refractivity contribution in [2.45, 2.75) is 155 Å². The lowest BCUT2D eigenvalue weighted by atomic mass is 10.0. The summed E-state index contributed by atoms with van der Waals surface area (Å²) >= 11 is 0. The van der Waals surface area contributed by atoms with Crippen molar-refractivity contribution in [2.75, 3.05) is 14.2 Å². The molecule has 8 bridgehead atoms. The van der Waals surface area contributed by atoms with Gasteiger partial charge in [-0.15, -0.1) is 0 Å². The molecule has 2 unspecified atom stereocenters. The fraction of sp³-hybridized carbons (Fsp3) is 0.565. The molecule has 2 atom stereocenters. The van der Waals surface area contributed by atoms with Crippen molar-refractivity contribution in [2.24, 2.45) is 0 Å². The smallest absolute Gasteiger partial charge is 0.0862 e. The van der Waals surface area contributed by atoms with E-state index in [4.69, 9.17) is 19.4 Å². The average molecular weight is 707 g/mol. The van der Waals surface area contributed by atoms with Crippen molar-refractivity contribution in [1.82, 2.24) is 19.9 Å². The molecular formula is C46H66N4O2. The van der Waals surface area contributed by atoms with Gasteiger partial charge in [0.05, 0.1) is 35.0 Å². The first-order chi connectivity index (χ1) is 25.6. The molecule has 2 aliphatic rings. The van der Waals surface area contributed by atoms with E-state index >= 15 is 0 Å². The summed E-state index contributed by atoms with van der Waals surface area (Å²) in [6.45, 7) is 9.07. The van der Waals surface area contributed by atoms with Crippen LogP contribution in [0.15, 0.2) is 24.3 Å². The second-order valence-corrected chi connectivity index (χ2v) is 14.8. The third-order valence-electron chi connectivity index (χ3n) is 11.0. The number of hydrogen-bond donors (Lipinski definition) is 2. The highest BCUT2D eigenvalue weighted by Gasteiger charge is 2.22. The fourth-order valence-electron chi connectivity index (χ4n) is 7.95. The monoisotopic (exact) mass is 707 g/mol. The minimum atomic E-state index is -0.0791. The van der Waals surface area contributed by atoms with Crippen molar-refractivity contribution in [3.05, 3.63) is 69.3 Å². The lowest BCUT2D eigenvalue weighted by Gasteiger charge is -2.17. The summed E-state index contributed by atoms with van der Waals surface area (Å²) in [5, 5.41) is 0. The summed E-state index contributed by atoms with van der Waals surface area (Å²) in [6.07, 6.45) is 29.3. The Morgan fingerprint density at radius 1 is 0.462 bits per heavy atom. The molecule has 5 heterocycles. The SMILES string of the molecule is CCCCCCc1c2nc(c(CCCCCC)c3ccc([nH]3)c(C(CCCCC)OC)c3ccc([nH]3)c(C(CCCCC)OC)c3nc1C=C3)C=C2. The molecule has 0 amide bonds. The summed E-state index contributed by atoms with van der Waals surface area (Å²) in [4.78, 5) is 18.7. The lowest BCUT2D eigenvalue weighted by molar-refractivity contribution is 0.0938. The second kappa shape index (κ2) is 20.7. The van der Waals surface area contributed by atoms with Crippen LogP contribution in [0.5, 0.6) is 0 Å². The number of rotatable bonds is 22. The number of H-pyrrole nitrogens is 2. The molecule has 0 aromatic carbocycles. The normalized spacial score (nSPS) is 13.7. The number of nitrogens with one attached hydrogen (secondary N) is 2. The topological polar surface area (TPSA) is 75.8 Å². The molecule has 6 heteroatoms. The molecule has 282 valence electrons. The van der Waals surface area contributed by atoms with Crippen LogP contribution in [0.1, 0.15) is 188 Å². The van der Waals surface area contributed by atoms with E-state index in [0.29, 0.717) is 0 Å². The Morgan fingerprint density at radius 2 is 0.865 bits per heavy atom. The van der Waals surface area contributed by atoms with E-state index in [0.717, 1.165) is 102 Å². The van der Waals surface area contributed by atoms with E-state index < -0.39 is 0 Å². The standard InChI is InChI=1S/C46H66N4O2/c1-7-11-15-19-21-33-35-25-26-36(47-35)34(22-20-16-12-8-2)38-28-30-40(49-38)46(44(52-6)24-18-14-10-4)42-32-31-41(50-42)45(39-29-27-37(33)48-39)43(51-5)23-17-13-9-3/h25-32,43-44,48,50H,7-24H2,1-6H3. The summed E-state index contributed by atoms with van der Waals surface area (Å²) in [6, 6.07) is 9.00. The molecule has 0 radical (unpaired) electrons. The van der Waals surface area contributed by atoms with Gasteiger partial charge in [-0.05, 0) is 87.1 Å². The molecule has 52 heavy (non-hydrogen) atoms. The molecule has 0 saturated carbocycles. The first kappa shape index (κ1) is 39.7. The molecule has 5 rings (SSSR count). The minimum Gasteiger partial charge on any atom is -0.377 e. The van der Waals surface area contributed by atoms with Gasteiger partial charge in [-0.25, -0.2) is 9.97 Å². The van der Waals surface area contributed by atoms with Gasteiger partial charge in [0.1, 0.15) is 0 Å². The summed E-state index contributed by atoms with van der Waals surface area (Å²) < 4.78 is 12.6. The zero-order chi connectivity index (χ0) is 36.7. The van der Waals surface area contributed by atoms with Gasteiger partial charge in [-0.2, -0.15) is 0 Å². The highest BCUT2D eigenvalue weighted by atomic mass is 16.5. The Labute approximate surface area is 314 Å². The van der Waals surface area contributed by atoms with Gasteiger partial charge < -0.3 is 19.4 Å². The van der Waals surface area contributed by atoms with Crippen molar-refractivity contribution in [1.29, 1.82) is 0 Å². The predicted octanol–water partition coefficient (Wildman–Crippen LogP) is 13.4. The summed E-state index contributed by atoms with van der Waals surface area (Å²) in [5.74, 6) is 0. The molecule has 6 nitrogen and oxygen atoms in total. The van der Waals surface area contributed by atoms with Gasteiger partial charge in [-0.3, -0.25) is 0 Å². The number of aromatic amines is 2. The second-order valence-electron chi connectivity index (χ2n) is 14.8. The van der Waals surface area contributed by atoms with Crippen molar-refractivity contribution < 1.29 is 9.47 Å². The Balaban J connectivity index is 1.84. The van der Waals surface area contributed by atoms with Gasteiger partial charge in [0.2, 0.25) is 0 Å². The molecule has 3 aromatic rings. The number of aromatic nitrogens is 4. The number of nitrogens with zero attached hydrogens (tertiary/aromatic N) is 2. The first-order valence-electron chi connectivity index (χ1n) is 20.8. The maximum absolute atomic E-state index is 6.32. The maximum atomic E-state index is 6.32. The third kappa shape index (κ3) is 9.93. The van der Waals surface area contributed by atoms with Crippen molar-refractivity contribution in [3.63, 3.8) is 0 Å². The molecular weight excluding hydrogens is 641 g/mol. The van der Waals surface area contributed by atoms with Crippen LogP contribution in [0.25, 0.3) is 46.4 Å². The van der Waals surface area contributed by atoms with Crippen LogP contribution in [-0.2, 0) is 22.3 Å². The van der Waals surface area contributed by atoms with E-state index in [2.05, 4.69) is 86.2 Å². The van der Waals surface area contributed by atoms with Gasteiger partial charge >= 0.3 is 0 Å². The zero-order valence-electron chi connectivity index (χ0n) is 33.2. The van der Waals surface area contributed by atoms with Crippen LogP contribution in [0.2, 0.25) is 0 Å². The summed E-state index contributed by atoms with van der Waals surface area (Å²) in [7, 11) is 3.70. The largest absolute Gasteiger partial charge is 0.377 e. The van der Waals surface area contributed by atoms with E-state index in [1.54, 1.807) is 0 Å². The Morgan fingerprint density at radius 3 is 1.40 bits per heavy atom. The molecule has 0 fully saturated rings. The lowest BCUT2D eigenvalue weighted by Crippen LogP contribution is -2.05. The van der Waals surface area contributed by atoms with E-state index in [-0.39, 0.29) is 12.2 Å². The molecule has 2 N–H and O–H groups in total. The number of hydrogen-bond acceptors (Lipinski definition) is 4. The molecule has 3 aromatic heterocycles. The summed E-state index contributed by atoms with van der Waals surface area (Å²) in [5.41, 5.74) is 13.4. The quantitative estimate of drug-likeness (QED) is 0.0703. The van der Waals surface area contributed by atoms with Crippen LogP contribution in [-0.4, -0.2) is 34.2 Å². The first-order valence-corrected chi connectivity index (χ1v) is 20.8. The fourth-order valence-corrected chi connectivity index (χ4v) is 7.95. The molecule has 2 aliphatic heterocycles. The van der Waals surface area contributed by atoms with Gasteiger partial charge in [0.15, 0.2) is 0 Å². The highest BCUT2D eigenvalue weighted by Crippen LogP contribution is 2.36. The van der Waals surface area contributed by atoms with Crippen LogP contribution < -0.4 is 0 Å². The zero-order valence-corrected chi connectivity index (χ0v) is 33.2. The molecule has 0 aliphatic carbocycles. The van der Waals surface area contributed by atoms with E-state index in [9.17, 15) is 0 Å². The van der Waals surface area contributed by atoms with E-state index in [1.165, 1.54) is 80.9 Å². The van der Waals surface area contributed by atoms with Crippen LogP contribution in [0, 0.1) is 0 Å².